The Balaban J connectivity index is 1.52. The Hall–Kier alpha value is -1.89. The molecule has 3 saturated heterocycles. The third kappa shape index (κ3) is 2.43. The van der Waals surface area contributed by atoms with Gasteiger partial charge in [0.05, 0.1) is 24.0 Å². The molecule has 2 atom stereocenters. The van der Waals surface area contributed by atoms with Crippen LogP contribution >= 0.6 is 0 Å². The Morgan fingerprint density at radius 3 is 2.74 bits per heavy atom. The summed E-state index contributed by atoms with van der Waals surface area (Å²) in [4.78, 5) is 29.1. The number of hydrogen-bond acceptors (Lipinski definition) is 4. The molecule has 1 aromatic heterocycles. The van der Waals surface area contributed by atoms with Crippen molar-refractivity contribution in [3.8, 4) is 0 Å². The van der Waals surface area contributed by atoms with Gasteiger partial charge in [-0.2, -0.15) is 5.10 Å². The van der Waals surface area contributed by atoms with Crippen molar-refractivity contribution in [2.24, 2.45) is 13.0 Å². The quantitative estimate of drug-likeness (QED) is 0.799. The van der Waals surface area contributed by atoms with E-state index in [9.17, 15) is 9.59 Å². The number of aryl methyl sites for hydroxylation is 1. The Bertz CT molecular complexity index is 623. The molecule has 4 heterocycles. The summed E-state index contributed by atoms with van der Waals surface area (Å²) in [6.07, 6.45) is 6.46. The van der Waals surface area contributed by atoms with Crippen LogP contribution in [0.25, 0.3) is 0 Å². The van der Waals surface area contributed by atoms with Crippen LogP contribution in [0, 0.1) is 5.92 Å². The van der Waals surface area contributed by atoms with Gasteiger partial charge in [-0.25, -0.2) is 0 Å². The van der Waals surface area contributed by atoms with E-state index in [2.05, 4.69) is 5.10 Å². The lowest BCUT2D eigenvalue weighted by Gasteiger charge is -2.30. The van der Waals surface area contributed by atoms with E-state index in [4.69, 9.17) is 4.74 Å². The van der Waals surface area contributed by atoms with Crippen molar-refractivity contribution in [2.45, 2.75) is 37.8 Å². The maximum Gasteiger partial charge on any atom is 0.229 e. The third-order valence-corrected chi connectivity index (χ3v) is 5.32. The molecule has 0 bridgehead atoms. The van der Waals surface area contributed by atoms with Crippen molar-refractivity contribution in [3.05, 3.63) is 12.4 Å². The zero-order valence-electron chi connectivity index (χ0n) is 13.4. The molecular formula is C16H22N4O3. The van der Waals surface area contributed by atoms with Gasteiger partial charge < -0.3 is 14.5 Å². The van der Waals surface area contributed by atoms with Gasteiger partial charge in [-0.3, -0.25) is 14.3 Å². The lowest BCUT2D eigenvalue weighted by atomic mass is 9.98. The fraction of sp³-hybridized carbons (Fsp3) is 0.688. The number of anilines is 1. The minimum Gasteiger partial charge on any atom is -0.381 e. The lowest BCUT2D eigenvalue weighted by Crippen LogP contribution is -2.43. The number of fused-ring (bicyclic) bond motifs is 1. The van der Waals surface area contributed by atoms with Crippen LogP contribution in [0.15, 0.2) is 12.4 Å². The minimum absolute atomic E-state index is 0.0121. The molecule has 23 heavy (non-hydrogen) atoms. The molecule has 0 radical (unpaired) electrons. The van der Waals surface area contributed by atoms with Gasteiger partial charge in [0, 0.05) is 45.3 Å². The SMILES string of the molecule is Cn1cc(N2C(=O)C[C@H]3[C@H]2CCN3C(=O)C2CCOCC2)cn1. The average molecular weight is 318 g/mol. The number of aromatic nitrogens is 2. The molecule has 0 spiro atoms. The molecule has 0 N–H and O–H groups in total. The highest BCUT2D eigenvalue weighted by molar-refractivity contribution is 5.98. The monoisotopic (exact) mass is 318 g/mol. The highest BCUT2D eigenvalue weighted by Crippen LogP contribution is 2.37. The van der Waals surface area contributed by atoms with Crippen molar-refractivity contribution < 1.29 is 14.3 Å². The number of rotatable bonds is 2. The van der Waals surface area contributed by atoms with Crippen molar-refractivity contribution >= 4 is 17.5 Å². The molecule has 2 amide bonds. The normalized spacial score (nSPS) is 28.5. The summed E-state index contributed by atoms with van der Waals surface area (Å²) in [6, 6.07) is 0.105. The maximum absolute atomic E-state index is 12.8. The van der Waals surface area contributed by atoms with E-state index >= 15 is 0 Å². The van der Waals surface area contributed by atoms with Crippen LogP contribution in [-0.4, -0.2) is 58.3 Å². The Labute approximate surface area is 135 Å². The molecule has 0 unspecified atom stereocenters. The first-order valence-corrected chi connectivity index (χ1v) is 8.34. The molecule has 7 heteroatoms. The molecule has 0 aromatic carbocycles. The zero-order valence-corrected chi connectivity index (χ0v) is 13.4. The predicted octanol–water partition coefficient (Wildman–Crippen LogP) is 0.553. The van der Waals surface area contributed by atoms with E-state index in [1.807, 2.05) is 23.0 Å². The third-order valence-electron chi connectivity index (χ3n) is 5.32. The van der Waals surface area contributed by atoms with Crippen LogP contribution in [0.2, 0.25) is 0 Å². The summed E-state index contributed by atoms with van der Waals surface area (Å²) in [7, 11) is 1.84. The highest BCUT2D eigenvalue weighted by Gasteiger charge is 2.49. The van der Waals surface area contributed by atoms with Gasteiger partial charge in [0.2, 0.25) is 11.8 Å². The summed E-state index contributed by atoms with van der Waals surface area (Å²) >= 11 is 0. The van der Waals surface area contributed by atoms with Crippen LogP contribution in [0.3, 0.4) is 0 Å². The topological polar surface area (TPSA) is 67.7 Å². The number of carbonyl (C=O) groups excluding carboxylic acids is 2. The van der Waals surface area contributed by atoms with Gasteiger partial charge in [-0.15, -0.1) is 0 Å². The van der Waals surface area contributed by atoms with Crippen molar-refractivity contribution in [3.63, 3.8) is 0 Å². The fourth-order valence-electron chi connectivity index (χ4n) is 4.17. The fourth-order valence-corrected chi connectivity index (χ4v) is 4.17. The number of nitrogens with zero attached hydrogens (tertiary/aromatic N) is 4. The molecule has 3 aliphatic rings. The van der Waals surface area contributed by atoms with Gasteiger partial charge >= 0.3 is 0 Å². The van der Waals surface area contributed by atoms with Gasteiger partial charge in [0.1, 0.15) is 0 Å². The molecule has 7 nitrogen and oxygen atoms in total. The first-order chi connectivity index (χ1) is 11.1. The first-order valence-electron chi connectivity index (χ1n) is 8.34. The number of likely N-dealkylation sites (tertiary alicyclic amines) is 1. The molecule has 3 aliphatic heterocycles. The van der Waals surface area contributed by atoms with Crippen molar-refractivity contribution in [1.82, 2.24) is 14.7 Å². The molecule has 3 fully saturated rings. The smallest absolute Gasteiger partial charge is 0.229 e. The molecule has 1 aromatic rings. The van der Waals surface area contributed by atoms with Crippen LogP contribution in [0.5, 0.6) is 0 Å². The van der Waals surface area contributed by atoms with Crippen LogP contribution in [0.1, 0.15) is 25.7 Å². The van der Waals surface area contributed by atoms with Gasteiger partial charge in [-0.05, 0) is 19.3 Å². The van der Waals surface area contributed by atoms with Gasteiger partial charge in [0.15, 0.2) is 0 Å². The van der Waals surface area contributed by atoms with E-state index in [0.29, 0.717) is 19.6 Å². The predicted molar refractivity (Wildman–Crippen MR) is 82.8 cm³/mol. The lowest BCUT2D eigenvalue weighted by molar-refractivity contribution is -0.139. The van der Waals surface area contributed by atoms with E-state index in [1.54, 1.807) is 10.9 Å². The Morgan fingerprint density at radius 2 is 2.04 bits per heavy atom. The maximum atomic E-state index is 12.8. The van der Waals surface area contributed by atoms with Gasteiger partial charge in [0.25, 0.3) is 0 Å². The summed E-state index contributed by atoms with van der Waals surface area (Å²) < 4.78 is 7.06. The second-order valence-corrected chi connectivity index (χ2v) is 6.68. The molecule has 4 rings (SSSR count). The minimum atomic E-state index is 0.0121. The summed E-state index contributed by atoms with van der Waals surface area (Å²) in [5.74, 6) is 0.365. The Morgan fingerprint density at radius 1 is 1.26 bits per heavy atom. The van der Waals surface area contributed by atoms with Crippen LogP contribution in [-0.2, 0) is 21.4 Å². The molecule has 0 saturated carbocycles. The molecule has 124 valence electrons. The van der Waals surface area contributed by atoms with Crippen LogP contribution in [0.4, 0.5) is 5.69 Å². The molecular weight excluding hydrogens is 296 g/mol. The summed E-state index contributed by atoms with van der Waals surface area (Å²) in [6.45, 7) is 2.08. The number of carbonyl (C=O) groups is 2. The number of ether oxygens (including phenoxy) is 1. The van der Waals surface area contributed by atoms with E-state index in [-0.39, 0.29) is 29.8 Å². The largest absolute Gasteiger partial charge is 0.381 e. The van der Waals surface area contributed by atoms with Crippen molar-refractivity contribution in [1.29, 1.82) is 0 Å². The number of amides is 2. The standard InChI is InChI=1S/C16H22N4O3/c1-18-10-12(9-17-18)20-13-2-5-19(14(13)8-15(20)21)16(22)11-3-6-23-7-4-11/h9-11,13-14H,2-8H2,1H3/t13-,14+/m1/s1. The summed E-state index contributed by atoms with van der Waals surface area (Å²) in [5, 5.41) is 4.17. The number of hydrogen-bond donors (Lipinski definition) is 0. The van der Waals surface area contributed by atoms with E-state index in [0.717, 1.165) is 31.5 Å². The summed E-state index contributed by atoms with van der Waals surface area (Å²) in [5.41, 5.74) is 0.838. The molecule has 0 aliphatic carbocycles. The average Bonchev–Trinajstić information content (AvgIpc) is 3.22. The van der Waals surface area contributed by atoms with Gasteiger partial charge in [-0.1, -0.05) is 0 Å². The van der Waals surface area contributed by atoms with E-state index in [1.165, 1.54) is 0 Å². The van der Waals surface area contributed by atoms with E-state index < -0.39 is 0 Å². The second-order valence-electron chi connectivity index (χ2n) is 6.68. The Kier molecular flexibility index (Phi) is 3.60. The highest BCUT2D eigenvalue weighted by atomic mass is 16.5. The van der Waals surface area contributed by atoms with Crippen molar-refractivity contribution in [2.75, 3.05) is 24.7 Å². The van der Waals surface area contributed by atoms with Crippen LogP contribution < -0.4 is 4.90 Å². The zero-order chi connectivity index (χ0) is 16.0. The first kappa shape index (κ1) is 14.7. The second kappa shape index (κ2) is 5.63.